The van der Waals surface area contributed by atoms with Crippen LogP contribution in [0.1, 0.15) is 118 Å². The molecule has 176 valence electrons. The van der Waals surface area contributed by atoms with Gasteiger partial charge in [-0.3, -0.25) is 0 Å². The minimum absolute atomic E-state index is 0.0703. The number of phenols is 1. The molecule has 0 bridgehead atoms. The van der Waals surface area contributed by atoms with Crippen molar-refractivity contribution in [2.24, 2.45) is 0 Å². The molecule has 0 heterocycles. The summed E-state index contributed by atoms with van der Waals surface area (Å²) in [7, 11) is 0. The van der Waals surface area contributed by atoms with Gasteiger partial charge in [0.15, 0.2) is 0 Å². The summed E-state index contributed by atoms with van der Waals surface area (Å²) in [5, 5.41) is 9.12. The van der Waals surface area contributed by atoms with E-state index in [-0.39, 0.29) is 10.8 Å². The Balaban J connectivity index is 3.63. The van der Waals surface area contributed by atoms with Crippen LogP contribution in [0.3, 0.4) is 0 Å². The Labute approximate surface area is 196 Å². The van der Waals surface area contributed by atoms with E-state index in [9.17, 15) is 5.11 Å². The molecule has 1 rings (SSSR count). The quantitative estimate of drug-likeness (QED) is 0.299. The van der Waals surface area contributed by atoms with E-state index in [0.29, 0.717) is 5.75 Å². The van der Waals surface area contributed by atoms with E-state index in [0.717, 1.165) is 17.3 Å². The summed E-state index contributed by atoms with van der Waals surface area (Å²) in [6.07, 6.45) is 12.9. The van der Waals surface area contributed by atoms with Crippen molar-refractivity contribution in [1.82, 2.24) is 0 Å². The van der Waals surface area contributed by atoms with Crippen molar-refractivity contribution in [2.45, 2.75) is 118 Å². The zero-order valence-corrected chi connectivity index (χ0v) is 24.0. The van der Waals surface area contributed by atoms with Gasteiger partial charge < -0.3 is 0 Å². The van der Waals surface area contributed by atoms with E-state index in [1.807, 2.05) is 0 Å². The van der Waals surface area contributed by atoms with Gasteiger partial charge in [-0.25, -0.2) is 0 Å². The molecule has 1 aromatic carbocycles. The van der Waals surface area contributed by atoms with Crippen LogP contribution in [0.4, 0.5) is 0 Å². The molecular weight excluding hydrogens is 451 g/mol. The van der Waals surface area contributed by atoms with Gasteiger partial charge in [0.25, 0.3) is 0 Å². The molecule has 0 aliphatic rings. The standard InChI is InChI=1S/C27H50BrOP/c1-10-13-16-30(28,17-14-11-2,18-15-12-3)21-22-19-23(26(4,5)6)25(29)24(20-22)27(7,8)9/h19-20,29H,10-18,21H2,1-9H3. The predicted molar refractivity (Wildman–Crippen MR) is 144 cm³/mol. The average molecular weight is 502 g/mol. The van der Waals surface area contributed by atoms with Gasteiger partial charge in [-0.2, -0.15) is 0 Å². The van der Waals surface area contributed by atoms with Crippen molar-refractivity contribution in [3.8, 4) is 5.75 Å². The zero-order valence-electron chi connectivity index (χ0n) is 21.5. The van der Waals surface area contributed by atoms with E-state index in [4.69, 9.17) is 0 Å². The molecule has 0 fully saturated rings. The van der Waals surface area contributed by atoms with Crippen molar-refractivity contribution < 1.29 is 5.11 Å². The third kappa shape index (κ3) is 7.51. The van der Waals surface area contributed by atoms with Crippen molar-refractivity contribution in [2.75, 3.05) is 18.5 Å². The first kappa shape index (κ1) is 28.0. The summed E-state index contributed by atoms with van der Waals surface area (Å²) in [6, 6.07) is 4.66. The van der Waals surface area contributed by atoms with Crippen LogP contribution in [0, 0.1) is 0 Å². The topological polar surface area (TPSA) is 20.2 Å². The predicted octanol–water partition coefficient (Wildman–Crippen LogP) is 9.75. The van der Waals surface area contributed by atoms with Crippen LogP contribution in [-0.4, -0.2) is 23.6 Å². The Morgan fingerprint density at radius 3 is 1.33 bits per heavy atom. The molecule has 0 saturated carbocycles. The molecule has 0 aliphatic carbocycles. The van der Waals surface area contributed by atoms with Crippen LogP contribution in [0.15, 0.2) is 12.1 Å². The number of benzene rings is 1. The van der Waals surface area contributed by atoms with Gasteiger partial charge in [-0.1, -0.05) is 0 Å². The second-order valence-electron chi connectivity index (χ2n) is 11.7. The molecule has 0 unspecified atom stereocenters. The first-order chi connectivity index (χ1) is 13.7. The Hall–Kier alpha value is -0.0700. The van der Waals surface area contributed by atoms with Crippen molar-refractivity contribution >= 4 is 20.8 Å². The van der Waals surface area contributed by atoms with Gasteiger partial charge in [0.2, 0.25) is 0 Å². The number of hydrogen-bond acceptors (Lipinski definition) is 1. The number of phenolic OH excluding ortho intramolecular Hbond substituents is 1. The summed E-state index contributed by atoms with van der Waals surface area (Å²) in [5.74, 6) is 0.504. The van der Waals surface area contributed by atoms with Gasteiger partial charge in [-0.15, -0.1) is 0 Å². The fraction of sp³-hybridized carbons (Fsp3) is 0.778. The van der Waals surface area contributed by atoms with E-state index < -0.39 is 5.31 Å². The van der Waals surface area contributed by atoms with Gasteiger partial charge in [0.1, 0.15) is 0 Å². The second-order valence-corrected chi connectivity index (χ2v) is 23.1. The third-order valence-corrected chi connectivity index (χ3v) is 16.0. The van der Waals surface area contributed by atoms with Crippen molar-refractivity contribution in [3.05, 3.63) is 28.8 Å². The molecule has 3 heteroatoms. The van der Waals surface area contributed by atoms with E-state index >= 15 is 0 Å². The molecule has 0 aliphatic heterocycles. The molecule has 1 N–H and O–H groups in total. The van der Waals surface area contributed by atoms with Crippen LogP contribution >= 0.6 is 20.8 Å². The van der Waals surface area contributed by atoms with Crippen molar-refractivity contribution in [1.29, 1.82) is 0 Å². The molecule has 0 amide bonds. The average Bonchev–Trinajstić information content (AvgIpc) is 2.63. The number of aromatic hydroxyl groups is 1. The van der Waals surface area contributed by atoms with Gasteiger partial charge in [0, 0.05) is 0 Å². The van der Waals surface area contributed by atoms with Gasteiger partial charge in [0.05, 0.1) is 0 Å². The first-order valence-corrected chi connectivity index (χ1v) is 17.3. The molecular formula is C27H50BrOP. The summed E-state index contributed by atoms with van der Waals surface area (Å²) < 4.78 is 0. The number of halogens is 1. The fourth-order valence-electron chi connectivity index (χ4n) is 4.62. The molecule has 0 saturated heterocycles. The van der Waals surface area contributed by atoms with Crippen LogP contribution in [0.2, 0.25) is 0 Å². The Morgan fingerprint density at radius 1 is 0.733 bits per heavy atom. The van der Waals surface area contributed by atoms with Gasteiger partial charge >= 0.3 is 197 Å². The SMILES string of the molecule is CCCCP(Br)(CCCC)(CCCC)Cc1cc(C(C)(C)C)c(O)c(C(C)(C)C)c1. The van der Waals surface area contributed by atoms with Gasteiger partial charge in [-0.05, 0) is 0 Å². The molecule has 0 aromatic heterocycles. The molecule has 0 radical (unpaired) electrons. The fourth-order valence-corrected chi connectivity index (χ4v) is 13.3. The zero-order chi connectivity index (χ0) is 23.2. The molecule has 1 nitrogen and oxygen atoms in total. The molecule has 1 aromatic rings. The van der Waals surface area contributed by atoms with E-state index in [1.54, 1.807) is 0 Å². The number of rotatable bonds is 11. The molecule has 30 heavy (non-hydrogen) atoms. The number of hydrogen-bond donors (Lipinski definition) is 1. The Bertz CT molecular complexity index is 622. The minimum atomic E-state index is -2.05. The number of unbranched alkanes of at least 4 members (excludes halogenated alkanes) is 3. The molecule has 0 spiro atoms. The van der Waals surface area contributed by atoms with Crippen LogP contribution in [0.25, 0.3) is 0 Å². The normalized spacial score (nSPS) is 14.5. The van der Waals surface area contributed by atoms with Crippen LogP contribution in [-0.2, 0) is 17.0 Å². The Kier molecular flexibility index (Phi) is 9.97. The summed E-state index contributed by atoms with van der Waals surface area (Å²) in [5.41, 5.74) is 3.49. The van der Waals surface area contributed by atoms with Crippen LogP contribution < -0.4 is 0 Å². The summed E-state index contributed by atoms with van der Waals surface area (Å²) in [6.45, 7) is 20.3. The van der Waals surface area contributed by atoms with Crippen molar-refractivity contribution in [3.63, 3.8) is 0 Å². The summed E-state index contributed by atoms with van der Waals surface area (Å²) in [4.78, 5) is 0. The maximum absolute atomic E-state index is 11.2. The monoisotopic (exact) mass is 500 g/mol. The Morgan fingerprint density at radius 2 is 1.07 bits per heavy atom. The molecule has 0 atom stereocenters. The maximum atomic E-state index is 11.2. The van der Waals surface area contributed by atoms with E-state index in [1.165, 1.54) is 62.6 Å². The third-order valence-electron chi connectivity index (χ3n) is 6.58. The summed E-state index contributed by atoms with van der Waals surface area (Å²) >= 11 is 4.57. The van der Waals surface area contributed by atoms with E-state index in [2.05, 4.69) is 89.9 Å². The first-order valence-electron chi connectivity index (χ1n) is 12.3. The second kappa shape index (κ2) is 10.7. The van der Waals surface area contributed by atoms with Crippen LogP contribution in [0.5, 0.6) is 5.75 Å².